The van der Waals surface area contributed by atoms with Crippen molar-refractivity contribution in [3.63, 3.8) is 0 Å². The van der Waals surface area contributed by atoms with Crippen molar-refractivity contribution in [2.75, 3.05) is 19.7 Å². The van der Waals surface area contributed by atoms with Crippen LogP contribution in [0.3, 0.4) is 0 Å². The first-order valence-corrected chi connectivity index (χ1v) is 8.00. The average molecular weight is 336 g/mol. The van der Waals surface area contributed by atoms with Crippen LogP contribution in [0, 0.1) is 5.82 Å². The minimum Gasteiger partial charge on any atom is -0.481 e. The van der Waals surface area contributed by atoms with E-state index in [1.165, 1.54) is 23.5 Å². The molecular formula is C16H17FN2O3S. The summed E-state index contributed by atoms with van der Waals surface area (Å²) in [6, 6.07) is 9.47. The SMILES string of the molecule is O=C(COc1ccccc1F)NCCCNC(=O)c1cccs1. The Kier molecular flexibility index (Phi) is 6.56. The molecule has 0 saturated carbocycles. The molecule has 0 unspecified atom stereocenters. The van der Waals surface area contributed by atoms with Crippen LogP contribution in [-0.2, 0) is 4.79 Å². The van der Waals surface area contributed by atoms with Crippen LogP contribution >= 0.6 is 11.3 Å². The molecule has 0 fully saturated rings. The maximum absolute atomic E-state index is 13.3. The molecule has 2 aromatic rings. The molecular weight excluding hydrogens is 319 g/mol. The second-order valence-corrected chi connectivity index (χ2v) is 5.60. The van der Waals surface area contributed by atoms with E-state index in [1.807, 2.05) is 11.4 Å². The Bertz CT molecular complexity index is 647. The van der Waals surface area contributed by atoms with Gasteiger partial charge in [-0.25, -0.2) is 4.39 Å². The Labute approximate surface area is 137 Å². The second-order valence-electron chi connectivity index (χ2n) is 4.66. The number of carbonyl (C=O) groups excluding carboxylic acids is 2. The van der Waals surface area contributed by atoms with Crippen LogP contribution < -0.4 is 15.4 Å². The zero-order chi connectivity index (χ0) is 16.5. The molecule has 122 valence electrons. The van der Waals surface area contributed by atoms with Gasteiger partial charge in [0, 0.05) is 13.1 Å². The van der Waals surface area contributed by atoms with Crippen LogP contribution in [0.1, 0.15) is 16.1 Å². The van der Waals surface area contributed by atoms with Gasteiger partial charge in [0.15, 0.2) is 18.2 Å². The van der Waals surface area contributed by atoms with Crippen molar-refractivity contribution in [3.05, 3.63) is 52.5 Å². The first kappa shape index (κ1) is 17.0. The van der Waals surface area contributed by atoms with E-state index in [4.69, 9.17) is 4.74 Å². The molecule has 0 aliphatic rings. The molecule has 7 heteroatoms. The Balaban J connectivity index is 1.56. The van der Waals surface area contributed by atoms with Crippen LogP contribution in [0.25, 0.3) is 0 Å². The molecule has 23 heavy (non-hydrogen) atoms. The van der Waals surface area contributed by atoms with E-state index < -0.39 is 5.82 Å². The number of hydrogen-bond donors (Lipinski definition) is 2. The fourth-order valence-corrected chi connectivity index (χ4v) is 2.41. The van der Waals surface area contributed by atoms with E-state index in [1.54, 1.807) is 18.2 Å². The van der Waals surface area contributed by atoms with Gasteiger partial charge in [-0.05, 0) is 30.0 Å². The molecule has 5 nitrogen and oxygen atoms in total. The highest BCUT2D eigenvalue weighted by atomic mass is 32.1. The Morgan fingerprint density at radius 2 is 1.87 bits per heavy atom. The molecule has 0 spiro atoms. The van der Waals surface area contributed by atoms with Crippen molar-refractivity contribution in [2.24, 2.45) is 0 Å². The van der Waals surface area contributed by atoms with Gasteiger partial charge in [-0.1, -0.05) is 18.2 Å². The first-order chi connectivity index (χ1) is 11.2. The van der Waals surface area contributed by atoms with Gasteiger partial charge in [0.05, 0.1) is 4.88 Å². The monoisotopic (exact) mass is 336 g/mol. The number of rotatable bonds is 8. The molecule has 0 bridgehead atoms. The third kappa shape index (κ3) is 5.71. The van der Waals surface area contributed by atoms with Crippen LogP contribution in [0.4, 0.5) is 4.39 Å². The van der Waals surface area contributed by atoms with Gasteiger partial charge in [0.25, 0.3) is 11.8 Å². The molecule has 1 aromatic heterocycles. The highest BCUT2D eigenvalue weighted by Crippen LogP contribution is 2.14. The third-order valence-corrected chi connectivity index (χ3v) is 3.77. The number of hydrogen-bond acceptors (Lipinski definition) is 4. The molecule has 2 N–H and O–H groups in total. The van der Waals surface area contributed by atoms with Crippen molar-refractivity contribution >= 4 is 23.2 Å². The highest BCUT2D eigenvalue weighted by molar-refractivity contribution is 7.12. The molecule has 1 aromatic carbocycles. The zero-order valence-electron chi connectivity index (χ0n) is 12.4. The van der Waals surface area contributed by atoms with Crippen molar-refractivity contribution in [1.29, 1.82) is 0 Å². The summed E-state index contributed by atoms with van der Waals surface area (Å²) in [5.41, 5.74) is 0. The van der Waals surface area contributed by atoms with Gasteiger partial charge < -0.3 is 15.4 Å². The zero-order valence-corrected chi connectivity index (χ0v) is 13.2. The van der Waals surface area contributed by atoms with Crippen molar-refractivity contribution in [1.82, 2.24) is 10.6 Å². The van der Waals surface area contributed by atoms with E-state index in [9.17, 15) is 14.0 Å². The maximum atomic E-state index is 13.3. The summed E-state index contributed by atoms with van der Waals surface area (Å²) in [5, 5.41) is 7.25. The number of benzene rings is 1. The summed E-state index contributed by atoms with van der Waals surface area (Å²) in [4.78, 5) is 23.9. The van der Waals surface area contributed by atoms with E-state index in [-0.39, 0.29) is 24.2 Å². The summed E-state index contributed by atoms with van der Waals surface area (Å²) < 4.78 is 18.4. The number of thiophene rings is 1. The normalized spacial score (nSPS) is 10.1. The number of amides is 2. The molecule has 2 rings (SSSR count). The number of para-hydroxylation sites is 1. The van der Waals surface area contributed by atoms with E-state index in [0.29, 0.717) is 24.4 Å². The van der Waals surface area contributed by atoms with E-state index in [0.717, 1.165) is 0 Å². The second kappa shape index (κ2) is 8.89. The predicted molar refractivity (Wildman–Crippen MR) is 86.2 cm³/mol. The third-order valence-electron chi connectivity index (χ3n) is 2.90. The molecule has 0 radical (unpaired) electrons. The number of carbonyl (C=O) groups is 2. The Hall–Kier alpha value is -2.41. The lowest BCUT2D eigenvalue weighted by molar-refractivity contribution is -0.123. The maximum Gasteiger partial charge on any atom is 0.261 e. The topological polar surface area (TPSA) is 67.4 Å². The standard InChI is InChI=1S/C16H17FN2O3S/c17-12-5-1-2-6-13(12)22-11-15(20)18-8-4-9-19-16(21)14-7-3-10-23-14/h1-3,5-7,10H,4,8-9,11H2,(H,18,20)(H,19,21). The lowest BCUT2D eigenvalue weighted by atomic mass is 10.3. The fourth-order valence-electron chi connectivity index (χ4n) is 1.77. The van der Waals surface area contributed by atoms with E-state index in [2.05, 4.69) is 10.6 Å². The van der Waals surface area contributed by atoms with Crippen molar-refractivity contribution in [3.8, 4) is 5.75 Å². The molecule has 0 aliphatic heterocycles. The predicted octanol–water partition coefficient (Wildman–Crippen LogP) is 2.20. The molecule has 2 amide bonds. The number of halogens is 1. The lowest BCUT2D eigenvalue weighted by Gasteiger charge is -2.08. The minimum atomic E-state index is -0.503. The molecule has 0 atom stereocenters. The number of nitrogens with one attached hydrogen (secondary N) is 2. The highest BCUT2D eigenvalue weighted by Gasteiger charge is 2.07. The minimum absolute atomic E-state index is 0.0471. The summed E-state index contributed by atoms with van der Waals surface area (Å²) in [6.07, 6.45) is 0.600. The van der Waals surface area contributed by atoms with Crippen molar-refractivity contribution in [2.45, 2.75) is 6.42 Å². The van der Waals surface area contributed by atoms with Crippen LogP contribution in [0.5, 0.6) is 5.75 Å². The lowest BCUT2D eigenvalue weighted by Crippen LogP contribution is -2.32. The summed E-state index contributed by atoms with van der Waals surface area (Å²) in [6.45, 7) is 0.623. The van der Waals surface area contributed by atoms with Crippen molar-refractivity contribution < 1.29 is 18.7 Å². The average Bonchev–Trinajstić information content (AvgIpc) is 3.08. The van der Waals surface area contributed by atoms with Gasteiger partial charge in [0.2, 0.25) is 0 Å². The van der Waals surface area contributed by atoms with Gasteiger partial charge in [-0.2, -0.15) is 0 Å². The number of ether oxygens (including phenoxy) is 1. The molecule has 0 saturated heterocycles. The largest absolute Gasteiger partial charge is 0.481 e. The van der Waals surface area contributed by atoms with Gasteiger partial charge in [-0.15, -0.1) is 11.3 Å². The van der Waals surface area contributed by atoms with Gasteiger partial charge >= 0.3 is 0 Å². The van der Waals surface area contributed by atoms with E-state index >= 15 is 0 Å². The summed E-state index contributed by atoms with van der Waals surface area (Å²) in [7, 11) is 0. The Morgan fingerprint density at radius 1 is 1.09 bits per heavy atom. The van der Waals surface area contributed by atoms with Gasteiger partial charge in [-0.3, -0.25) is 9.59 Å². The Morgan fingerprint density at radius 3 is 2.61 bits per heavy atom. The van der Waals surface area contributed by atoms with Gasteiger partial charge in [0.1, 0.15) is 0 Å². The molecule has 0 aliphatic carbocycles. The summed E-state index contributed by atoms with van der Waals surface area (Å²) in [5.74, 6) is -0.908. The quantitative estimate of drug-likeness (QED) is 0.726. The van der Waals surface area contributed by atoms with Crippen LogP contribution in [0.15, 0.2) is 41.8 Å². The smallest absolute Gasteiger partial charge is 0.261 e. The molecule has 1 heterocycles. The van der Waals surface area contributed by atoms with Crippen LogP contribution in [-0.4, -0.2) is 31.5 Å². The first-order valence-electron chi connectivity index (χ1n) is 7.12. The van der Waals surface area contributed by atoms with Crippen LogP contribution in [0.2, 0.25) is 0 Å². The fraction of sp³-hybridized carbons (Fsp3) is 0.250. The summed E-state index contributed by atoms with van der Waals surface area (Å²) >= 11 is 1.38.